The number of rotatable bonds is 12. The maximum atomic E-state index is 13.5. The largest absolute Gasteiger partial charge is 0.459 e. The van der Waals surface area contributed by atoms with Crippen LogP contribution in [0.25, 0.3) is 0 Å². The number of benzene rings is 1. The predicted molar refractivity (Wildman–Crippen MR) is 166 cm³/mol. The number of pyridine rings is 1. The Morgan fingerprint density at radius 2 is 1.89 bits per heavy atom. The standard InChI is InChI=1S/C30H38F2N8O5/c1-17(2)44-27(41)19-15-33-29(36-26(19)39-16-30(4,5)25-21(39)10-9-18(3)34-25)35-20-13-23(40(42)43)22(14-24(20)45-28(31)32)38(8)12-11-37(6)7/h9-10,13-15,17,28H,11-12,16H2,1-8H3,(H,33,35,36). The minimum Gasteiger partial charge on any atom is -0.459 e. The monoisotopic (exact) mass is 628 g/mol. The van der Waals surface area contributed by atoms with E-state index in [4.69, 9.17) is 14.5 Å². The highest BCUT2D eigenvalue weighted by atomic mass is 19.3. The van der Waals surface area contributed by atoms with Gasteiger partial charge in [0.2, 0.25) is 5.95 Å². The molecule has 4 rings (SSSR count). The third-order valence-corrected chi connectivity index (χ3v) is 7.12. The van der Waals surface area contributed by atoms with Gasteiger partial charge in [-0.25, -0.2) is 9.78 Å². The van der Waals surface area contributed by atoms with Gasteiger partial charge in [0.1, 0.15) is 11.3 Å². The van der Waals surface area contributed by atoms with Gasteiger partial charge < -0.3 is 29.5 Å². The molecule has 15 heteroatoms. The van der Waals surface area contributed by atoms with E-state index in [0.29, 0.717) is 19.6 Å². The van der Waals surface area contributed by atoms with Crippen LogP contribution in [0, 0.1) is 17.0 Å². The molecule has 0 spiro atoms. The van der Waals surface area contributed by atoms with Gasteiger partial charge in [-0.15, -0.1) is 0 Å². The number of esters is 1. The van der Waals surface area contributed by atoms with Crippen LogP contribution in [0.2, 0.25) is 0 Å². The predicted octanol–water partition coefficient (Wildman–Crippen LogP) is 5.43. The van der Waals surface area contributed by atoms with Gasteiger partial charge in [-0.05, 0) is 47.0 Å². The first-order valence-corrected chi connectivity index (χ1v) is 14.3. The molecule has 242 valence electrons. The van der Waals surface area contributed by atoms with Crippen molar-refractivity contribution in [2.24, 2.45) is 0 Å². The van der Waals surface area contributed by atoms with Crippen molar-refractivity contribution in [2.45, 2.75) is 52.7 Å². The van der Waals surface area contributed by atoms with Crippen molar-refractivity contribution in [3.8, 4) is 5.75 Å². The lowest BCUT2D eigenvalue weighted by atomic mass is 9.91. The summed E-state index contributed by atoms with van der Waals surface area (Å²) in [5.41, 5.74) is 1.64. The average molecular weight is 629 g/mol. The molecule has 2 aromatic heterocycles. The number of carbonyl (C=O) groups excluding carboxylic acids is 1. The molecule has 3 aromatic rings. The number of anilines is 5. The quantitative estimate of drug-likeness (QED) is 0.156. The van der Waals surface area contributed by atoms with E-state index in [1.54, 1.807) is 25.8 Å². The normalized spacial score (nSPS) is 13.8. The number of aryl methyl sites for hydroxylation is 1. The van der Waals surface area contributed by atoms with Crippen molar-refractivity contribution >= 4 is 40.5 Å². The van der Waals surface area contributed by atoms with Gasteiger partial charge >= 0.3 is 12.6 Å². The van der Waals surface area contributed by atoms with Crippen LogP contribution in [0.3, 0.4) is 0 Å². The number of hydrogen-bond acceptors (Lipinski definition) is 12. The Kier molecular flexibility index (Phi) is 9.71. The highest BCUT2D eigenvalue weighted by molar-refractivity contribution is 5.96. The molecule has 13 nitrogen and oxygen atoms in total. The van der Waals surface area contributed by atoms with Crippen molar-refractivity contribution in [1.29, 1.82) is 0 Å². The molecule has 1 aromatic carbocycles. The van der Waals surface area contributed by atoms with Crippen molar-refractivity contribution in [3.63, 3.8) is 0 Å². The first-order chi connectivity index (χ1) is 21.1. The molecule has 0 saturated heterocycles. The van der Waals surface area contributed by atoms with Gasteiger partial charge in [0.05, 0.1) is 28.1 Å². The van der Waals surface area contributed by atoms with Crippen molar-refractivity contribution in [3.05, 3.63) is 57.5 Å². The van der Waals surface area contributed by atoms with Crippen LogP contribution in [-0.2, 0) is 10.2 Å². The summed E-state index contributed by atoms with van der Waals surface area (Å²) in [7, 11) is 5.32. The fourth-order valence-electron chi connectivity index (χ4n) is 4.96. The number of nitro benzene ring substituents is 1. The Morgan fingerprint density at radius 1 is 1.18 bits per heavy atom. The molecule has 3 heterocycles. The zero-order valence-electron chi connectivity index (χ0n) is 26.6. The number of aromatic nitrogens is 3. The first kappa shape index (κ1) is 33.2. The van der Waals surface area contributed by atoms with E-state index in [0.717, 1.165) is 23.1 Å². The summed E-state index contributed by atoms with van der Waals surface area (Å²) in [6.07, 6.45) is 0.853. The third-order valence-electron chi connectivity index (χ3n) is 7.12. The lowest BCUT2D eigenvalue weighted by molar-refractivity contribution is -0.384. The molecule has 1 aliphatic rings. The number of alkyl halides is 2. The lowest BCUT2D eigenvalue weighted by Crippen LogP contribution is -2.29. The minimum absolute atomic E-state index is 0.0753. The molecule has 0 radical (unpaired) electrons. The number of halogens is 2. The Hall–Kier alpha value is -4.66. The van der Waals surface area contributed by atoms with Gasteiger partial charge in [-0.3, -0.25) is 15.1 Å². The van der Waals surface area contributed by atoms with Gasteiger partial charge in [-0.1, -0.05) is 13.8 Å². The highest BCUT2D eigenvalue weighted by Crippen LogP contribution is 2.44. The van der Waals surface area contributed by atoms with Crippen LogP contribution in [0.5, 0.6) is 5.75 Å². The molecule has 0 saturated carbocycles. The van der Waals surface area contributed by atoms with E-state index >= 15 is 0 Å². The summed E-state index contributed by atoms with van der Waals surface area (Å²) < 4.78 is 37.3. The molecular formula is C30H38F2N8O5. The maximum Gasteiger partial charge on any atom is 0.387 e. The summed E-state index contributed by atoms with van der Waals surface area (Å²) in [4.78, 5) is 43.6. The molecular weight excluding hydrogens is 590 g/mol. The van der Waals surface area contributed by atoms with Gasteiger partial charge in [0.15, 0.2) is 11.6 Å². The molecule has 1 N–H and O–H groups in total. The topological polar surface area (TPSA) is 139 Å². The van der Waals surface area contributed by atoms with E-state index in [2.05, 4.69) is 15.3 Å². The second-order valence-electron chi connectivity index (χ2n) is 12.0. The van der Waals surface area contributed by atoms with E-state index in [1.807, 2.05) is 56.8 Å². The second kappa shape index (κ2) is 13.1. The average Bonchev–Trinajstić information content (AvgIpc) is 3.21. The highest BCUT2D eigenvalue weighted by Gasteiger charge is 2.40. The number of nitro groups is 1. The molecule has 0 atom stereocenters. The van der Waals surface area contributed by atoms with E-state index in [1.165, 1.54) is 12.3 Å². The first-order valence-electron chi connectivity index (χ1n) is 14.3. The molecule has 0 aliphatic carbocycles. The number of nitrogens with zero attached hydrogens (tertiary/aromatic N) is 7. The Bertz CT molecular complexity index is 1580. The number of carbonyl (C=O) groups is 1. The number of fused-ring (bicyclic) bond motifs is 1. The number of likely N-dealkylation sites (N-methyl/N-ethyl adjacent to an activating group) is 2. The zero-order chi connectivity index (χ0) is 33.2. The summed E-state index contributed by atoms with van der Waals surface area (Å²) in [5, 5.41) is 14.9. The summed E-state index contributed by atoms with van der Waals surface area (Å²) in [6, 6.07) is 6.03. The van der Waals surface area contributed by atoms with Crippen LogP contribution >= 0.6 is 0 Å². The molecule has 1 aliphatic heterocycles. The van der Waals surface area contributed by atoms with Crippen molar-refractivity contribution in [2.75, 3.05) is 55.9 Å². The van der Waals surface area contributed by atoms with Crippen LogP contribution < -0.4 is 19.9 Å². The number of ether oxygens (including phenoxy) is 2. The van der Waals surface area contributed by atoms with Gasteiger partial charge in [0, 0.05) is 56.1 Å². The molecule has 0 fully saturated rings. The molecule has 0 unspecified atom stereocenters. The van der Waals surface area contributed by atoms with E-state index in [9.17, 15) is 23.7 Å². The maximum absolute atomic E-state index is 13.5. The summed E-state index contributed by atoms with van der Waals surface area (Å²) in [5.74, 6) is -0.913. The fourth-order valence-corrected chi connectivity index (χ4v) is 4.96. The molecule has 45 heavy (non-hydrogen) atoms. The molecule has 0 amide bonds. The zero-order valence-corrected chi connectivity index (χ0v) is 26.6. The lowest BCUT2D eigenvalue weighted by Gasteiger charge is -2.24. The fraction of sp³-hybridized carbons (Fsp3) is 0.467. The second-order valence-corrected chi connectivity index (χ2v) is 12.0. The summed E-state index contributed by atoms with van der Waals surface area (Å²) in [6.45, 7) is 7.52. The minimum atomic E-state index is -3.21. The third kappa shape index (κ3) is 7.53. The van der Waals surface area contributed by atoms with Crippen LogP contribution in [-0.4, -0.2) is 84.2 Å². The smallest absolute Gasteiger partial charge is 0.387 e. The SMILES string of the molecule is Cc1ccc2c(n1)C(C)(C)CN2c1nc(Nc2cc([N+](=O)[O-])c(N(C)CCN(C)C)cc2OC(F)F)ncc1C(=O)OC(C)C. The number of hydrogen-bond donors (Lipinski definition) is 1. The van der Waals surface area contributed by atoms with Crippen LogP contribution in [0.1, 0.15) is 49.4 Å². The number of nitrogens with one attached hydrogen (secondary N) is 1. The van der Waals surface area contributed by atoms with Crippen LogP contribution in [0.4, 0.5) is 43.3 Å². The van der Waals surface area contributed by atoms with Crippen LogP contribution in [0.15, 0.2) is 30.5 Å². The summed E-state index contributed by atoms with van der Waals surface area (Å²) >= 11 is 0. The van der Waals surface area contributed by atoms with Gasteiger partial charge in [0.25, 0.3) is 5.69 Å². The van der Waals surface area contributed by atoms with E-state index < -0.39 is 29.0 Å². The Labute approximate surface area is 260 Å². The van der Waals surface area contributed by atoms with Crippen molar-refractivity contribution < 1.29 is 28.0 Å². The van der Waals surface area contributed by atoms with Crippen molar-refractivity contribution in [1.82, 2.24) is 19.9 Å². The molecule has 0 bridgehead atoms. The van der Waals surface area contributed by atoms with E-state index in [-0.39, 0.29) is 40.1 Å². The van der Waals surface area contributed by atoms with Gasteiger partial charge in [-0.2, -0.15) is 13.8 Å². The Balaban J connectivity index is 1.83. The Morgan fingerprint density at radius 3 is 2.51 bits per heavy atom.